The van der Waals surface area contributed by atoms with Crippen LogP contribution in [0.15, 0.2) is 11.1 Å². The quantitative estimate of drug-likeness (QED) is 0.453. The van der Waals surface area contributed by atoms with E-state index in [2.05, 4.69) is 17.2 Å². The third-order valence-electron chi connectivity index (χ3n) is 2.96. The average molecular weight is 135 g/mol. The summed E-state index contributed by atoms with van der Waals surface area (Å²) in [4.78, 5) is 0. The van der Waals surface area contributed by atoms with Gasteiger partial charge >= 0.3 is 0 Å². The molecule has 2 atom stereocenters. The zero-order valence-electron chi connectivity index (χ0n) is 5.85. The summed E-state index contributed by atoms with van der Waals surface area (Å²) >= 11 is 0. The van der Waals surface area contributed by atoms with Gasteiger partial charge < -0.3 is 10.6 Å². The molecule has 0 bridgehead atoms. The maximum Gasteiger partial charge on any atom is 0.0299 e. The van der Waals surface area contributed by atoms with Crippen molar-refractivity contribution in [2.75, 3.05) is 19.6 Å². The Morgan fingerprint density at radius 1 is 1.30 bits per heavy atom. The molecule has 1 fully saturated rings. The molecule has 3 rings (SSSR count). The first-order valence-electron chi connectivity index (χ1n) is 3.96. The van der Waals surface area contributed by atoms with E-state index in [1.807, 2.05) is 0 Å². The second kappa shape index (κ2) is 1.63. The van der Waals surface area contributed by atoms with E-state index in [4.69, 9.17) is 0 Å². The Kier molecular flexibility index (Phi) is 0.868. The van der Waals surface area contributed by atoms with Gasteiger partial charge in [-0.2, -0.15) is 0 Å². The molecule has 2 N–H and O–H groups in total. The summed E-state index contributed by atoms with van der Waals surface area (Å²) in [5, 5.41) is 6.71. The summed E-state index contributed by atoms with van der Waals surface area (Å²) in [6.45, 7) is 5.75. The number of rotatable bonds is 0. The zero-order valence-corrected chi connectivity index (χ0v) is 5.85. The molecule has 0 aromatic carbocycles. The first kappa shape index (κ1) is 5.33. The lowest BCUT2D eigenvalue weighted by Gasteiger charge is -2.31. The van der Waals surface area contributed by atoms with Crippen LogP contribution in [-0.4, -0.2) is 19.6 Å². The highest BCUT2D eigenvalue weighted by molar-refractivity contribution is 5.42. The van der Waals surface area contributed by atoms with Crippen molar-refractivity contribution in [3.05, 3.63) is 17.7 Å². The van der Waals surface area contributed by atoms with Gasteiger partial charge in [0.2, 0.25) is 0 Å². The molecule has 0 aromatic rings. The predicted molar refractivity (Wildman–Crippen MR) is 39.2 cm³/mol. The fraction of sp³-hybridized carbons (Fsp3) is 0.625. The van der Waals surface area contributed by atoms with E-state index in [9.17, 15) is 0 Å². The Morgan fingerprint density at radius 2 is 2.20 bits per heavy atom. The fourth-order valence-electron chi connectivity index (χ4n) is 2.41. The highest BCUT2D eigenvalue weighted by Gasteiger charge is 2.44. The molecule has 53 valence electrons. The van der Waals surface area contributed by atoms with Crippen LogP contribution in [-0.2, 0) is 0 Å². The maximum atomic E-state index is 3.39. The standard InChI is InChI=1S/C8H11N2/c1-5-6(2-9-1)8-4-10-3-7(5)8/h1,5-6,9-10H,2-4H2. The van der Waals surface area contributed by atoms with Crippen molar-refractivity contribution in [2.45, 2.75) is 0 Å². The molecule has 1 radical (unpaired) electrons. The fourth-order valence-corrected chi connectivity index (χ4v) is 2.41. The molecular weight excluding hydrogens is 124 g/mol. The molecule has 2 unspecified atom stereocenters. The molecule has 2 nitrogen and oxygen atoms in total. The minimum atomic E-state index is 0.796. The van der Waals surface area contributed by atoms with Gasteiger partial charge in [0.25, 0.3) is 0 Å². The summed E-state index contributed by atoms with van der Waals surface area (Å²) in [6, 6.07) is 0. The molecule has 1 saturated heterocycles. The van der Waals surface area contributed by atoms with E-state index in [-0.39, 0.29) is 0 Å². The first-order valence-corrected chi connectivity index (χ1v) is 3.96. The average Bonchev–Trinajstić information content (AvgIpc) is 2.42. The molecule has 0 saturated carbocycles. The number of nitrogens with one attached hydrogen (secondary N) is 2. The Morgan fingerprint density at radius 3 is 3.20 bits per heavy atom. The second-order valence-electron chi connectivity index (χ2n) is 3.36. The SMILES string of the molecule is [CH]1NCC2C3=C(CNC3)C12. The maximum absolute atomic E-state index is 3.39. The van der Waals surface area contributed by atoms with Crippen molar-refractivity contribution in [3.63, 3.8) is 0 Å². The van der Waals surface area contributed by atoms with Crippen LogP contribution in [0.1, 0.15) is 0 Å². The molecule has 1 aliphatic carbocycles. The highest BCUT2D eigenvalue weighted by atomic mass is 15.0. The van der Waals surface area contributed by atoms with Gasteiger partial charge in [0.15, 0.2) is 0 Å². The Bertz CT molecular complexity index is 187. The zero-order chi connectivity index (χ0) is 6.55. The van der Waals surface area contributed by atoms with Gasteiger partial charge in [-0.1, -0.05) is 11.1 Å². The smallest absolute Gasteiger partial charge is 0.0299 e. The van der Waals surface area contributed by atoms with Crippen LogP contribution < -0.4 is 10.6 Å². The molecular formula is C8H11N2. The topological polar surface area (TPSA) is 24.1 Å². The summed E-state index contributed by atoms with van der Waals surface area (Å²) in [6.07, 6.45) is 0. The van der Waals surface area contributed by atoms with Gasteiger partial charge in [-0.15, -0.1) is 0 Å². The van der Waals surface area contributed by atoms with E-state index in [1.54, 1.807) is 11.1 Å². The lowest BCUT2D eigenvalue weighted by Crippen LogP contribution is -2.27. The lowest BCUT2D eigenvalue weighted by molar-refractivity contribution is 0.491. The Labute approximate surface area is 60.7 Å². The lowest BCUT2D eigenvalue weighted by atomic mass is 9.71. The van der Waals surface area contributed by atoms with Crippen LogP contribution in [0.2, 0.25) is 0 Å². The van der Waals surface area contributed by atoms with E-state index in [0.29, 0.717) is 0 Å². The van der Waals surface area contributed by atoms with Crippen molar-refractivity contribution in [1.82, 2.24) is 10.6 Å². The van der Waals surface area contributed by atoms with Crippen LogP contribution in [0.4, 0.5) is 0 Å². The van der Waals surface area contributed by atoms with Gasteiger partial charge in [0, 0.05) is 38.0 Å². The normalized spacial score (nSPS) is 43.2. The van der Waals surface area contributed by atoms with Gasteiger partial charge in [0.1, 0.15) is 0 Å². The van der Waals surface area contributed by atoms with Crippen molar-refractivity contribution in [3.8, 4) is 0 Å². The predicted octanol–water partition coefficient (Wildman–Crippen LogP) is -0.103. The monoisotopic (exact) mass is 135 g/mol. The van der Waals surface area contributed by atoms with Crippen molar-refractivity contribution in [1.29, 1.82) is 0 Å². The molecule has 2 heteroatoms. The summed E-state index contributed by atoms with van der Waals surface area (Å²) in [5.41, 5.74) is 3.38. The minimum absolute atomic E-state index is 0.796. The largest absolute Gasteiger partial charge is 0.311 e. The molecule has 0 aromatic heterocycles. The minimum Gasteiger partial charge on any atom is -0.311 e. The van der Waals surface area contributed by atoms with E-state index >= 15 is 0 Å². The molecule has 2 aliphatic heterocycles. The summed E-state index contributed by atoms with van der Waals surface area (Å²) in [5.74, 6) is 1.66. The highest BCUT2D eigenvalue weighted by Crippen LogP contribution is 2.46. The first-order chi connectivity index (χ1) is 4.97. The Hall–Kier alpha value is -0.340. The summed E-state index contributed by atoms with van der Waals surface area (Å²) < 4.78 is 0. The van der Waals surface area contributed by atoms with Crippen LogP contribution >= 0.6 is 0 Å². The van der Waals surface area contributed by atoms with Gasteiger partial charge in [-0.25, -0.2) is 0 Å². The third-order valence-corrected chi connectivity index (χ3v) is 2.96. The third kappa shape index (κ3) is 0.444. The van der Waals surface area contributed by atoms with Crippen molar-refractivity contribution in [2.24, 2.45) is 11.8 Å². The molecule has 0 amide bonds. The van der Waals surface area contributed by atoms with Crippen LogP contribution in [0.5, 0.6) is 0 Å². The van der Waals surface area contributed by atoms with Crippen LogP contribution in [0, 0.1) is 18.4 Å². The van der Waals surface area contributed by atoms with E-state index in [0.717, 1.165) is 24.9 Å². The van der Waals surface area contributed by atoms with Crippen LogP contribution in [0.25, 0.3) is 0 Å². The van der Waals surface area contributed by atoms with Crippen molar-refractivity contribution < 1.29 is 0 Å². The molecule has 3 aliphatic rings. The summed E-state index contributed by atoms with van der Waals surface area (Å²) in [7, 11) is 0. The van der Waals surface area contributed by atoms with Gasteiger partial charge in [0.05, 0.1) is 0 Å². The molecule has 10 heavy (non-hydrogen) atoms. The van der Waals surface area contributed by atoms with E-state index < -0.39 is 0 Å². The number of hydrogen-bond donors (Lipinski definition) is 2. The van der Waals surface area contributed by atoms with Crippen LogP contribution in [0.3, 0.4) is 0 Å². The Balaban J connectivity index is 1.97. The second-order valence-corrected chi connectivity index (χ2v) is 3.36. The van der Waals surface area contributed by atoms with Crippen molar-refractivity contribution >= 4 is 0 Å². The van der Waals surface area contributed by atoms with Gasteiger partial charge in [-0.3, -0.25) is 0 Å². The van der Waals surface area contributed by atoms with Gasteiger partial charge in [-0.05, 0) is 0 Å². The molecule has 2 heterocycles. The number of hydrogen-bond acceptors (Lipinski definition) is 2. The van der Waals surface area contributed by atoms with E-state index in [1.165, 1.54) is 6.54 Å². The number of fused-ring (bicyclic) bond motifs is 3. The molecule has 0 spiro atoms.